The number of rotatable bonds is 5. The van der Waals surface area contributed by atoms with Crippen LogP contribution in [-0.4, -0.2) is 39.3 Å². The highest BCUT2D eigenvalue weighted by molar-refractivity contribution is 7.98. The van der Waals surface area contributed by atoms with Gasteiger partial charge in [-0.2, -0.15) is 0 Å². The second kappa shape index (κ2) is 7.97. The highest BCUT2D eigenvalue weighted by Crippen LogP contribution is 2.28. The van der Waals surface area contributed by atoms with E-state index in [2.05, 4.69) is 5.32 Å². The maximum Gasteiger partial charge on any atom is 0.229 e. The van der Waals surface area contributed by atoms with E-state index in [1.807, 2.05) is 30.5 Å². The average Bonchev–Trinajstić information content (AvgIpc) is 3.04. The normalized spacial score (nSPS) is 17.0. The minimum absolute atomic E-state index is 0.0985. The molecular formula is C20H22N2O4S2. The largest absolute Gasteiger partial charge is 0.325 e. The number of nitrogens with zero attached hydrogens (tertiary/aromatic N) is 1. The highest BCUT2D eigenvalue weighted by atomic mass is 32.2. The lowest BCUT2D eigenvalue weighted by atomic mass is 10.1. The van der Waals surface area contributed by atoms with Crippen molar-refractivity contribution in [1.29, 1.82) is 0 Å². The number of anilines is 2. The first-order valence-electron chi connectivity index (χ1n) is 8.75. The average molecular weight is 419 g/mol. The molecule has 0 spiro atoms. The second-order valence-electron chi connectivity index (χ2n) is 6.84. The number of hydrogen-bond donors (Lipinski definition) is 1. The molecule has 8 heteroatoms. The molecule has 0 aromatic heterocycles. The topological polar surface area (TPSA) is 83.6 Å². The quantitative estimate of drug-likeness (QED) is 0.755. The maximum atomic E-state index is 12.7. The molecule has 0 unspecified atom stereocenters. The zero-order valence-electron chi connectivity index (χ0n) is 15.9. The summed E-state index contributed by atoms with van der Waals surface area (Å²) in [6.45, 7) is 2.09. The van der Waals surface area contributed by atoms with Gasteiger partial charge in [-0.15, -0.1) is 11.8 Å². The number of carbonyl (C=O) groups excluding carboxylic acids is 2. The van der Waals surface area contributed by atoms with E-state index >= 15 is 0 Å². The van der Waals surface area contributed by atoms with E-state index in [0.29, 0.717) is 12.2 Å². The number of amides is 2. The van der Waals surface area contributed by atoms with Crippen molar-refractivity contribution in [2.75, 3.05) is 29.3 Å². The van der Waals surface area contributed by atoms with E-state index in [1.54, 1.807) is 29.7 Å². The van der Waals surface area contributed by atoms with Gasteiger partial charge in [0.2, 0.25) is 11.8 Å². The van der Waals surface area contributed by atoms with Crippen molar-refractivity contribution in [2.45, 2.75) is 23.1 Å². The Kier molecular flexibility index (Phi) is 5.81. The van der Waals surface area contributed by atoms with Crippen LogP contribution in [0.25, 0.3) is 0 Å². The van der Waals surface area contributed by atoms with Crippen LogP contribution >= 0.6 is 11.8 Å². The maximum absolute atomic E-state index is 12.7. The highest BCUT2D eigenvalue weighted by Gasteiger charge is 2.35. The molecule has 148 valence electrons. The number of hydrogen-bond acceptors (Lipinski definition) is 5. The molecular weight excluding hydrogens is 396 g/mol. The van der Waals surface area contributed by atoms with Gasteiger partial charge in [0.1, 0.15) is 0 Å². The summed E-state index contributed by atoms with van der Waals surface area (Å²) in [5, 5.41) is 2.79. The van der Waals surface area contributed by atoms with Crippen LogP contribution in [0.5, 0.6) is 0 Å². The van der Waals surface area contributed by atoms with E-state index in [4.69, 9.17) is 0 Å². The smallest absolute Gasteiger partial charge is 0.229 e. The van der Waals surface area contributed by atoms with Crippen LogP contribution in [-0.2, 0) is 19.4 Å². The van der Waals surface area contributed by atoms with Gasteiger partial charge in [0.15, 0.2) is 9.84 Å². The minimum atomic E-state index is -3.37. The zero-order valence-corrected chi connectivity index (χ0v) is 17.6. The van der Waals surface area contributed by atoms with Gasteiger partial charge in [-0.1, -0.05) is 6.07 Å². The summed E-state index contributed by atoms with van der Waals surface area (Å²) < 4.78 is 23.5. The van der Waals surface area contributed by atoms with Crippen molar-refractivity contribution in [3.05, 3.63) is 48.0 Å². The molecule has 1 aliphatic heterocycles. The molecule has 1 saturated heterocycles. The third-order valence-corrected chi connectivity index (χ3v) is 6.63. The summed E-state index contributed by atoms with van der Waals surface area (Å²) in [5.74, 6) is -0.877. The first-order chi connectivity index (χ1) is 13.2. The minimum Gasteiger partial charge on any atom is -0.325 e. The molecule has 3 rings (SSSR count). The fourth-order valence-electron chi connectivity index (χ4n) is 3.10. The summed E-state index contributed by atoms with van der Waals surface area (Å²) >= 11 is 1.62. The summed E-state index contributed by atoms with van der Waals surface area (Å²) in [5.41, 5.74) is 1.98. The van der Waals surface area contributed by atoms with Crippen LogP contribution in [0.3, 0.4) is 0 Å². The van der Waals surface area contributed by atoms with Gasteiger partial charge >= 0.3 is 0 Å². The van der Waals surface area contributed by atoms with Gasteiger partial charge in [-0.25, -0.2) is 8.42 Å². The number of thioether (sulfide) groups is 1. The monoisotopic (exact) mass is 418 g/mol. The molecule has 1 aliphatic rings. The van der Waals surface area contributed by atoms with Gasteiger partial charge in [-0.3, -0.25) is 9.59 Å². The van der Waals surface area contributed by atoms with Crippen molar-refractivity contribution < 1.29 is 18.0 Å². The molecule has 2 amide bonds. The number of aryl methyl sites for hydroxylation is 1. The van der Waals surface area contributed by atoms with Crippen molar-refractivity contribution in [3.63, 3.8) is 0 Å². The summed E-state index contributed by atoms with van der Waals surface area (Å²) in [6, 6.07) is 12.3. The molecule has 1 fully saturated rings. The molecule has 2 aromatic rings. The van der Waals surface area contributed by atoms with Crippen molar-refractivity contribution in [1.82, 2.24) is 0 Å². The van der Waals surface area contributed by atoms with Crippen LogP contribution in [0.2, 0.25) is 0 Å². The van der Waals surface area contributed by atoms with Crippen LogP contribution < -0.4 is 10.2 Å². The SMILES string of the molecule is CSc1ccc(N2C[C@@H](C(=O)Nc3cc(S(C)(=O)=O)ccc3C)CC2=O)cc1. The van der Waals surface area contributed by atoms with Crippen LogP contribution in [0.15, 0.2) is 52.3 Å². The predicted molar refractivity (Wildman–Crippen MR) is 112 cm³/mol. The van der Waals surface area contributed by atoms with Crippen LogP contribution in [0, 0.1) is 12.8 Å². The van der Waals surface area contributed by atoms with E-state index in [-0.39, 0.29) is 23.1 Å². The Morgan fingerprint density at radius 1 is 1.18 bits per heavy atom. The molecule has 0 aliphatic carbocycles. The van der Waals surface area contributed by atoms with E-state index < -0.39 is 15.8 Å². The van der Waals surface area contributed by atoms with Gasteiger partial charge in [0.05, 0.1) is 10.8 Å². The van der Waals surface area contributed by atoms with E-state index in [1.165, 1.54) is 12.1 Å². The number of carbonyl (C=O) groups is 2. The lowest BCUT2D eigenvalue weighted by Gasteiger charge is -2.17. The first-order valence-corrected chi connectivity index (χ1v) is 11.9. The Balaban J connectivity index is 1.74. The van der Waals surface area contributed by atoms with Crippen LogP contribution in [0.1, 0.15) is 12.0 Å². The van der Waals surface area contributed by atoms with Crippen LogP contribution in [0.4, 0.5) is 11.4 Å². The number of benzene rings is 2. The molecule has 6 nitrogen and oxygen atoms in total. The molecule has 0 radical (unpaired) electrons. The lowest BCUT2D eigenvalue weighted by Crippen LogP contribution is -2.28. The fourth-order valence-corrected chi connectivity index (χ4v) is 4.15. The number of nitrogens with one attached hydrogen (secondary N) is 1. The van der Waals surface area contributed by atoms with Crippen molar-refractivity contribution in [2.24, 2.45) is 5.92 Å². The Bertz CT molecular complexity index is 1020. The molecule has 1 N–H and O–H groups in total. The Labute approximate surface area is 169 Å². The van der Waals surface area contributed by atoms with Crippen molar-refractivity contribution >= 4 is 44.8 Å². The van der Waals surface area contributed by atoms with Gasteiger partial charge in [-0.05, 0) is 55.1 Å². The van der Waals surface area contributed by atoms with E-state index in [9.17, 15) is 18.0 Å². The van der Waals surface area contributed by atoms with Gasteiger partial charge in [0.25, 0.3) is 0 Å². The van der Waals surface area contributed by atoms with Gasteiger partial charge in [0, 0.05) is 35.5 Å². The predicted octanol–water partition coefficient (Wildman–Crippen LogP) is 3.11. The molecule has 28 heavy (non-hydrogen) atoms. The molecule has 0 saturated carbocycles. The Hall–Kier alpha value is -2.32. The van der Waals surface area contributed by atoms with Gasteiger partial charge < -0.3 is 10.2 Å². The second-order valence-corrected chi connectivity index (χ2v) is 9.74. The first kappa shape index (κ1) is 20.4. The van der Waals surface area contributed by atoms with E-state index in [0.717, 1.165) is 22.4 Å². The summed E-state index contributed by atoms with van der Waals surface area (Å²) in [4.78, 5) is 28.0. The molecule has 1 atom stereocenters. The molecule has 2 aromatic carbocycles. The summed E-state index contributed by atoms with van der Waals surface area (Å²) in [7, 11) is -3.37. The third-order valence-electron chi connectivity index (χ3n) is 4.77. The summed E-state index contributed by atoms with van der Waals surface area (Å²) in [6.07, 6.45) is 3.23. The van der Waals surface area contributed by atoms with Crippen molar-refractivity contribution in [3.8, 4) is 0 Å². The number of sulfone groups is 1. The Morgan fingerprint density at radius 2 is 1.86 bits per heavy atom. The third kappa shape index (κ3) is 4.39. The lowest BCUT2D eigenvalue weighted by molar-refractivity contribution is -0.122. The fraction of sp³-hybridized carbons (Fsp3) is 0.300. The standard InChI is InChI=1S/C20H22N2O4S2/c1-13-4-9-17(28(3,25)26)11-18(13)21-20(24)14-10-19(23)22(12-14)15-5-7-16(27-2)8-6-15/h4-9,11,14H,10,12H2,1-3H3,(H,21,24)/t14-/m0/s1. The molecule has 1 heterocycles. The zero-order chi connectivity index (χ0) is 20.5. The molecule has 0 bridgehead atoms. The Morgan fingerprint density at radius 3 is 2.46 bits per heavy atom.